The third-order valence-corrected chi connectivity index (χ3v) is 3.89. The van der Waals surface area contributed by atoms with Crippen LogP contribution in [0.2, 0.25) is 5.02 Å². The molecule has 2 N–H and O–H groups in total. The van der Waals surface area contributed by atoms with Crippen LogP contribution in [0.1, 0.15) is 28.3 Å². The Morgan fingerprint density at radius 3 is 2.90 bits per heavy atom. The summed E-state index contributed by atoms with van der Waals surface area (Å²) in [6.07, 6.45) is 0.811. The van der Waals surface area contributed by atoms with Gasteiger partial charge in [0.25, 0.3) is 0 Å². The predicted molar refractivity (Wildman–Crippen MR) is 77.8 cm³/mol. The fourth-order valence-corrected chi connectivity index (χ4v) is 2.86. The lowest BCUT2D eigenvalue weighted by Crippen LogP contribution is -2.15. The first kappa shape index (κ1) is 13.4. The maximum absolute atomic E-state index is 14.2. The summed E-state index contributed by atoms with van der Waals surface area (Å²) in [5.41, 5.74) is 9.08. The molecular formula is C16H15ClFNO. The zero-order chi connectivity index (χ0) is 14.3. The van der Waals surface area contributed by atoms with Gasteiger partial charge in [0, 0.05) is 22.6 Å². The van der Waals surface area contributed by atoms with Crippen molar-refractivity contribution in [1.82, 2.24) is 0 Å². The molecule has 0 spiro atoms. The number of rotatable bonds is 2. The van der Waals surface area contributed by atoms with Crippen molar-refractivity contribution in [3.8, 4) is 5.75 Å². The summed E-state index contributed by atoms with van der Waals surface area (Å²) in [7, 11) is 0. The fourth-order valence-electron chi connectivity index (χ4n) is 2.61. The highest BCUT2D eigenvalue weighted by Crippen LogP contribution is 2.38. The first-order valence-corrected chi connectivity index (χ1v) is 6.91. The standard InChI is InChI=1S/C16H15ClFNO/c1-9-3-2-4-12(14(9)18)15(19)13-8-11(17)7-10-5-6-20-16(10)13/h2-4,7-8,15H,5-6,19H2,1H3. The number of nitrogens with two attached hydrogens (primary N) is 1. The molecule has 0 aliphatic carbocycles. The molecule has 4 heteroatoms. The molecule has 0 aromatic heterocycles. The van der Waals surface area contributed by atoms with Crippen LogP contribution in [-0.2, 0) is 6.42 Å². The van der Waals surface area contributed by atoms with Gasteiger partial charge in [-0.2, -0.15) is 0 Å². The predicted octanol–water partition coefficient (Wildman–Crippen LogP) is 3.77. The first-order valence-electron chi connectivity index (χ1n) is 6.53. The van der Waals surface area contributed by atoms with Gasteiger partial charge in [0.05, 0.1) is 12.6 Å². The van der Waals surface area contributed by atoms with E-state index in [0.717, 1.165) is 23.3 Å². The van der Waals surface area contributed by atoms with Crippen LogP contribution < -0.4 is 10.5 Å². The van der Waals surface area contributed by atoms with Gasteiger partial charge < -0.3 is 10.5 Å². The van der Waals surface area contributed by atoms with Crippen LogP contribution in [-0.4, -0.2) is 6.61 Å². The summed E-state index contributed by atoms with van der Waals surface area (Å²) in [6.45, 7) is 2.34. The van der Waals surface area contributed by atoms with Gasteiger partial charge in [-0.15, -0.1) is 0 Å². The van der Waals surface area contributed by atoms with E-state index in [2.05, 4.69) is 0 Å². The molecule has 1 aliphatic heterocycles. The lowest BCUT2D eigenvalue weighted by Gasteiger charge is -2.18. The smallest absolute Gasteiger partial charge is 0.131 e. The van der Waals surface area contributed by atoms with Crippen molar-refractivity contribution in [1.29, 1.82) is 0 Å². The molecule has 104 valence electrons. The Morgan fingerprint density at radius 1 is 1.30 bits per heavy atom. The lowest BCUT2D eigenvalue weighted by molar-refractivity contribution is 0.352. The van der Waals surface area contributed by atoms with Gasteiger partial charge in [-0.1, -0.05) is 29.8 Å². The average Bonchev–Trinajstić information content (AvgIpc) is 2.88. The van der Waals surface area contributed by atoms with E-state index in [1.54, 1.807) is 31.2 Å². The third-order valence-electron chi connectivity index (χ3n) is 3.67. The van der Waals surface area contributed by atoms with E-state index in [4.69, 9.17) is 22.1 Å². The average molecular weight is 292 g/mol. The summed E-state index contributed by atoms with van der Waals surface area (Å²) in [5, 5.41) is 0.604. The second-order valence-electron chi connectivity index (χ2n) is 5.04. The van der Waals surface area contributed by atoms with Crippen LogP contribution in [0.15, 0.2) is 30.3 Å². The molecule has 2 aromatic rings. The number of hydrogen-bond acceptors (Lipinski definition) is 2. The van der Waals surface area contributed by atoms with Crippen molar-refractivity contribution in [2.45, 2.75) is 19.4 Å². The minimum absolute atomic E-state index is 0.272. The number of aryl methyl sites for hydroxylation is 1. The highest BCUT2D eigenvalue weighted by atomic mass is 35.5. The van der Waals surface area contributed by atoms with Gasteiger partial charge >= 0.3 is 0 Å². The van der Waals surface area contributed by atoms with Gasteiger partial charge in [-0.05, 0) is 30.2 Å². The van der Waals surface area contributed by atoms with Crippen molar-refractivity contribution in [3.05, 3.63) is 63.4 Å². The van der Waals surface area contributed by atoms with Crippen LogP contribution >= 0.6 is 11.6 Å². The Morgan fingerprint density at radius 2 is 2.10 bits per heavy atom. The number of hydrogen-bond donors (Lipinski definition) is 1. The van der Waals surface area contributed by atoms with Crippen LogP contribution in [0, 0.1) is 12.7 Å². The molecule has 2 nitrogen and oxygen atoms in total. The monoisotopic (exact) mass is 291 g/mol. The van der Waals surface area contributed by atoms with E-state index in [0.29, 0.717) is 22.8 Å². The van der Waals surface area contributed by atoms with Gasteiger partial charge in [0.1, 0.15) is 11.6 Å². The van der Waals surface area contributed by atoms with E-state index in [9.17, 15) is 4.39 Å². The van der Waals surface area contributed by atoms with E-state index < -0.39 is 6.04 Å². The molecule has 20 heavy (non-hydrogen) atoms. The van der Waals surface area contributed by atoms with Gasteiger partial charge in [0.15, 0.2) is 0 Å². The Bertz CT molecular complexity index is 672. The van der Waals surface area contributed by atoms with Gasteiger partial charge in [0.2, 0.25) is 0 Å². The van der Waals surface area contributed by atoms with E-state index in [1.165, 1.54) is 0 Å². The molecule has 0 saturated heterocycles. The summed E-state index contributed by atoms with van der Waals surface area (Å²) in [4.78, 5) is 0. The molecule has 2 aromatic carbocycles. The molecule has 0 fully saturated rings. The summed E-state index contributed by atoms with van der Waals surface area (Å²) < 4.78 is 19.9. The van der Waals surface area contributed by atoms with E-state index in [1.807, 2.05) is 6.07 Å². The topological polar surface area (TPSA) is 35.2 Å². The van der Waals surface area contributed by atoms with Crippen molar-refractivity contribution >= 4 is 11.6 Å². The Kier molecular flexibility index (Phi) is 3.40. The minimum Gasteiger partial charge on any atom is -0.493 e. The fraction of sp³-hybridized carbons (Fsp3) is 0.250. The number of ether oxygens (including phenoxy) is 1. The zero-order valence-corrected chi connectivity index (χ0v) is 11.9. The van der Waals surface area contributed by atoms with Crippen LogP contribution in [0.25, 0.3) is 0 Å². The quantitative estimate of drug-likeness (QED) is 0.914. The number of benzene rings is 2. The van der Waals surface area contributed by atoms with Crippen molar-refractivity contribution in [3.63, 3.8) is 0 Å². The molecule has 0 saturated carbocycles. The Balaban J connectivity index is 2.11. The molecule has 0 amide bonds. The molecule has 1 atom stereocenters. The second-order valence-corrected chi connectivity index (χ2v) is 5.47. The lowest BCUT2D eigenvalue weighted by atomic mass is 9.95. The Hall–Kier alpha value is -1.58. The SMILES string of the molecule is Cc1cccc(C(N)c2cc(Cl)cc3c2OCC3)c1F. The molecule has 0 radical (unpaired) electrons. The molecule has 1 heterocycles. The molecule has 3 rings (SSSR count). The van der Waals surface area contributed by atoms with Crippen molar-refractivity contribution < 1.29 is 9.13 Å². The maximum Gasteiger partial charge on any atom is 0.131 e. The van der Waals surface area contributed by atoms with Gasteiger partial charge in [-0.25, -0.2) is 4.39 Å². The Labute approximate surface area is 122 Å². The molecular weight excluding hydrogens is 277 g/mol. The highest BCUT2D eigenvalue weighted by Gasteiger charge is 2.24. The summed E-state index contributed by atoms with van der Waals surface area (Å²) in [5.74, 6) is 0.481. The number of fused-ring (bicyclic) bond motifs is 1. The zero-order valence-electron chi connectivity index (χ0n) is 11.1. The molecule has 1 aliphatic rings. The highest BCUT2D eigenvalue weighted by molar-refractivity contribution is 6.30. The van der Waals surface area contributed by atoms with Gasteiger partial charge in [-0.3, -0.25) is 0 Å². The third kappa shape index (κ3) is 2.17. The van der Waals surface area contributed by atoms with Crippen LogP contribution in [0.3, 0.4) is 0 Å². The minimum atomic E-state index is -0.583. The second kappa shape index (κ2) is 5.08. The molecule has 1 unspecified atom stereocenters. The number of halogens is 2. The van der Waals surface area contributed by atoms with Crippen LogP contribution in [0.4, 0.5) is 4.39 Å². The summed E-state index contributed by atoms with van der Waals surface area (Å²) in [6, 6.07) is 8.30. The van der Waals surface area contributed by atoms with Crippen LogP contribution in [0.5, 0.6) is 5.75 Å². The van der Waals surface area contributed by atoms with E-state index in [-0.39, 0.29) is 5.82 Å². The summed E-state index contributed by atoms with van der Waals surface area (Å²) >= 11 is 6.13. The van der Waals surface area contributed by atoms with Crippen molar-refractivity contribution in [2.24, 2.45) is 5.73 Å². The molecule has 0 bridgehead atoms. The normalized spacial score (nSPS) is 14.8. The largest absolute Gasteiger partial charge is 0.493 e. The first-order chi connectivity index (χ1) is 9.58. The van der Waals surface area contributed by atoms with E-state index >= 15 is 0 Å². The maximum atomic E-state index is 14.2. The van der Waals surface area contributed by atoms with Crippen molar-refractivity contribution in [2.75, 3.05) is 6.61 Å².